The van der Waals surface area contributed by atoms with Gasteiger partial charge < -0.3 is 4.52 Å². The molecular weight excluding hydrogens is 270 g/mol. The molecule has 1 aliphatic rings. The first-order chi connectivity index (χ1) is 10.3. The fraction of sp³-hybridized carbons (Fsp3) is 0.769. The highest BCUT2D eigenvalue weighted by Crippen LogP contribution is 2.31. The molecule has 3 rings (SSSR count). The minimum Gasteiger partial charge on any atom is -0.340 e. The Balaban J connectivity index is 1.70. The van der Waals surface area contributed by atoms with E-state index in [1.165, 1.54) is 0 Å². The van der Waals surface area contributed by atoms with Crippen molar-refractivity contribution in [2.45, 2.75) is 58.7 Å². The van der Waals surface area contributed by atoms with E-state index in [1.54, 1.807) is 0 Å². The monoisotopic (exact) mass is 291 g/mol. The van der Waals surface area contributed by atoms with Crippen LogP contribution >= 0.6 is 0 Å². The van der Waals surface area contributed by atoms with Crippen LogP contribution in [0.3, 0.4) is 0 Å². The van der Waals surface area contributed by atoms with Crippen molar-refractivity contribution in [1.82, 2.24) is 35.2 Å². The van der Waals surface area contributed by atoms with E-state index in [0.29, 0.717) is 5.89 Å². The minimum atomic E-state index is 0.207. The lowest BCUT2D eigenvalue weighted by Crippen LogP contribution is -2.25. The van der Waals surface area contributed by atoms with Crippen LogP contribution in [0.25, 0.3) is 0 Å². The van der Waals surface area contributed by atoms with E-state index in [9.17, 15) is 0 Å². The van der Waals surface area contributed by atoms with Crippen molar-refractivity contribution in [1.29, 1.82) is 0 Å². The third-order valence-electron chi connectivity index (χ3n) is 3.88. The minimum absolute atomic E-state index is 0.207. The normalized spacial score (nSPS) is 19.4. The van der Waals surface area contributed by atoms with Gasteiger partial charge in [0.2, 0.25) is 5.89 Å². The summed E-state index contributed by atoms with van der Waals surface area (Å²) in [6, 6.07) is 0.207. The molecule has 114 valence electrons. The highest BCUT2D eigenvalue weighted by molar-refractivity contribution is 4.98. The Labute approximate surface area is 123 Å². The summed E-state index contributed by atoms with van der Waals surface area (Å²) in [5.74, 6) is 2.30. The molecule has 1 aliphatic heterocycles. The highest BCUT2D eigenvalue weighted by Gasteiger charge is 2.30. The molecule has 0 amide bonds. The van der Waals surface area contributed by atoms with Gasteiger partial charge in [0.05, 0.1) is 12.6 Å². The Hall–Kier alpha value is -1.83. The molecule has 1 atom stereocenters. The lowest BCUT2D eigenvalue weighted by Gasteiger charge is -2.20. The number of unbranched alkanes of at least 4 members (excludes halogenated alkanes) is 1. The summed E-state index contributed by atoms with van der Waals surface area (Å²) in [6.45, 7) is 6.60. The predicted molar refractivity (Wildman–Crippen MR) is 74.1 cm³/mol. The SMILES string of the molecule is CCCCn1nnnc1CN1CCC[C@@H]1c1noc(C)n1. The molecule has 0 unspecified atom stereocenters. The zero-order valence-electron chi connectivity index (χ0n) is 12.6. The van der Waals surface area contributed by atoms with Gasteiger partial charge in [0.1, 0.15) is 0 Å². The van der Waals surface area contributed by atoms with Gasteiger partial charge in [-0.2, -0.15) is 4.98 Å². The van der Waals surface area contributed by atoms with E-state index >= 15 is 0 Å². The van der Waals surface area contributed by atoms with Gasteiger partial charge in [-0.05, 0) is 36.2 Å². The van der Waals surface area contributed by atoms with Crippen molar-refractivity contribution < 1.29 is 4.52 Å². The summed E-state index contributed by atoms with van der Waals surface area (Å²) < 4.78 is 7.01. The first kappa shape index (κ1) is 14.1. The lowest BCUT2D eigenvalue weighted by molar-refractivity contribution is 0.224. The largest absolute Gasteiger partial charge is 0.340 e. The number of aryl methyl sites for hydroxylation is 2. The van der Waals surface area contributed by atoms with E-state index in [0.717, 1.165) is 57.0 Å². The Bertz CT molecular complexity index is 579. The van der Waals surface area contributed by atoms with Gasteiger partial charge in [-0.3, -0.25) is 4.90 Å². The van der Waals surface area contributed by atoms with Gasteiger partial charge in [-0.1, -0.05) is 18.5 Å². The van der Waals surface area contributed by atoms with Crippen molar-refractivity contribution in [3.05, 3.63) is 17.5 Å². The van der Waals surface area contributed by atoms with Gasteiger partial charge >= 0.3 is 0 Å². The number of hydrogen-bond donors (Lipinski definition) is 0. The molecule has 0 aliphatic carbocycles. The number of aromatic nitrogens is 6. The predicted octanol–water partition coefficient (Wildman–Crippen LogP) is 1.50. The molecule has 0 radical (unpaired) electrons. The van der Waals surface area contributed by atoms with Crippen LogP contribution in [0.4, 0.5) is 0 Å². The number of likely N-dealkylation sites (tertiary alicyclic amines) is 1. The molecule has 0 bridgehead atoms. The zero-order valence-corrected chi connectivity index (χ0v) is 12.6. The smallest absolute Gasteiger partial charge is 0.223 e. The number of rotatable bonds is 6. The molecule has 3 heterocycles. The van der Waals surface area contributed by atoms with Crippen molar-refractivity contribution >= 4 is 0 Å². The number of hydrogen-bond acceptors (Lipinski definition) is 7. The van der Waals surface area contributed by atoms with E-state index in [1.807, 2.05) is 11.6 Å². The molecule has 0 spiro atoms. The van der Waals surface area contributed by atoms with E-state index in [4.69, 9.17) is 4.52 Å². The Kier molecular flexibility index (Phi) is 4.23. The molecule has 2 aromatic heterocycles. The summed E-state index contributed by atoms with van der Waals surface area (Å²) in [5, 5.41) is 16.1. The van der Waals surface area contributed by atoms with Crippen molar-refractivity contribution in [2.75, 3.05) is 6.54 Å². The summed E-state index contributed by atoms with van der Waals surface area (Å²) in [5.41, 5.74) is 0. The third-order valence-corrected chi connectivity index (χ3v) is 3.88. The molecule has 2 aromatic rings. The first-order valence-electron chi connectivity index (χ1n) is 7.57. The first-order valence-corrected chi connectivity index (χ1v) is 7.57. The second-order valence-corrected chi connectivity index (χ2v) is 5.47. The number of nitrogens with zero attached hydrogens (tertiary/aromatic N) is 7. The van der Waals surface area contributed by atoms with Crippen molar-refractivity contribution in [3.8, 4) is 0 Å². The second-order valence-electron chi connectivity index (χ2n) is 5.47. The van der Waals surface area contributed by atoms with Gasteiger partial charge in [-0.25, -0.2) is 4.68 Å². The average molecular weight is 291 g/mol. The molecule has 1 saturated heterocycles. The van der Waals surface area contributed by atoms with Crippen molar-refractivity contribution in [3.63, 3.8) is 0 Å². The molecular formula is C13H21N7O. The summed E-state index contributed by atoms with van der Waals surface area (Å²) in [6.07, 6.45) is 4.41. The topological polar surface area (TPSA) is 85.8 Å². The van der Waals surface area contributed by atoms with Gasteiger partial charge in [-0.15, -0.1) is 5.10 Å². The fourth-order valence-electron chi connectivity index (χ4n) is 2.76. The van der Waals surface area contributed by atoms with E-state index in [-0.39, 0.29) is 6.04 Å². The molecule has 0 aromatic carbocycles. The molecule has 8 heteroatoms. The highest BCUT2D eigenvalue weighted by atomic mass is 16.5. The van der Waals surface area contributed by atoms with Crippen LogP contribution in [-0.4, -0.2) is 41.8 Å². The summed E-state index contributed by atoms with van der Waals surface area (Å²) >= 11 is 0. The lowest BCUT2D eigenvalue weighted by atomic mass is 10.2. The van der Waals surface area contributed by atoms with Crippen LogP contribution in [-0.2, 0) is 13.1 Å². The van der Waals surface area contributed by atoms with Gasteiger partial charge in [0.25, 0.3) is 0 Å². The average Bonchev–Trinajstić information content (AvgIpc) is 3.18. The maximum Gasteiger partial charge on any atom is 0.223 e. The van der Waals surface area contributed by atoms with Crippen LogP contribution < -0.4 is 0 Å². The van der Waals surface area contributed by atoms with Gasteiger partial charge in [0, 0.05) is 13.5 Å². The Morgan fingerprint density at radius 3 is 3.05 bits per heavy atom. The van der Waals surface area contributed by atoms with Crippen molar-refractivity contribution in [2.24, 2.45) is 0 Å². The quantitative estimate of drug-likeness (QED) is 0.797. The molecule has 21 heavy (non-hydrogen) atoms. The Morgan fingerprint density at radius 1 is 1.38 bits per heavy atom. The summed E-state index contributed by atoms with van der Waals surface area (Å²) in [7, 11) is 0. The molecule has 8 nitrogen and oxygen atoms in total. The van der Waals surface area contributed by atoms with Crippen LogP contribution in [0.1, 0.15) is 56.2 Å². The summed E-state index contributed by atoms with van der Waals surface area (Å²) in [4.78, 5) is 6.70. The van der Waals surface area contributed by atoms with Crippen LogP contribution in [0.15, 0.2) is 4.52 Å². The van der Waals surface area contributed by atoms with E-state index in [2.05, 4.69) is 37.5 Å². The maximum absolute atomic E-state index is 5.10. The van der Waals surface area contributed by atoms with Crippen LogP contribution in [0.2, 0.25) is 0 Å². The van der Waals surface area contributed by atoms with Crippen LogP contribution in [0, 0.1) is 6.92 Å². The van der Waals surface area contributed by atoms with E-state index < -0.39 is 0 Å². The third kappa shape index (κ3) is 3.10. The maximum atomic E-state index is 5.10. The standard InChI is InChI=1S/C13H21N7O/c1-3-4-8-20-12(15-17-18-20)9-19-7-5-6-11(19)13-14-10(2)21-16-13/h11H,3-9H2,1-2H3/t11-/m1/s1. The zero-order chi connectivity index (χ0) is 14.7. The molecule has 0 saturated carbocycles. The Morgan fingerprint density at radius 2 is 2.29 bits per heavy atom. The van der Waals surface area contributed by atoms with Gasteiger partial charge in [0.15, 0.2) is 11.6 Å². The molecule has 0 N–H and O–H groups in total. The second kappa shape index (κ2) is 6.30. The van der Waals surface area contributed by atoms with Crippen LogP contribution in [0.5, 0.6) is 0 Å². The molecule has 1 fully saturated rings. The fourth-order valence-corrected chi connectivity index (χ4v) is 2.76. The number of tetrazole rings is 1.